The number of rotatable bonds is 1. The highest BCUT2D eigenvalue weighted by Gasteiger charge is 1.98. The molecule has 0 aromatic rings. The summed E-state index contributed by atoms with van der Waals surface area (Å²) in [4.78, 5) is 4.35. The largest absolute Gasteiger partial charge is 0.294 e. The summed E-state index contributed by atoms with van der Waals surface area (Å²) in [6, 6.07) is 0. The Morgan fingerprint density at radius 1 is 1.56 bits per heavy atom. The zero-order chi connectivity index (χ0) is 6.53. The lowest BCUT2D eigenvalue weighted by molar-refractivity contribution is 0.993. The number of hydrogen-bond donors (Lipinski definition) is 0. The summed E-state index contributed by atoms with van der Waals surface area (Å²) in [5.41, 5.74) is 1.38. The van der Waals surface area contributed by atoms with Crippen LogP contribution in [0.1, 0.15) is 26.2 Å². The van der Waals surface area contributed by atoms with Crippen LogP contribution in [-0.4, -0.2) is 12.3 Å². The molecule has 0 radical (unpaired) electrons. The Balaban J connectivity index is 2.43. The van der Waals surface area contributed by atoms with E-state index >= 15 is 0 Å². The van der Waals surface area contributed by atoms with Crippen LogP contribution < -0.4 is 0 Å². The molecule has 0 amide bonds. The van der Waals surface area contributed by atoms with Crippen molar-refractivity contribution >= 4 is 5.71 Å². The third-order valence-corrected chi connectivity index (χ3v) is 1.50. The molecule has 1 rings (SSSR count). The Hall–Kier alpha value is -0.590. The molecule has 0 spiro atoms. The second-order valence-electron chi connectivity index (χ2n) is 2.25. The Kier molecular flexibility index (Phi) is 2.49. The highest BCUT2D eigenvalue weighted by molar-refractivity contribution is 5.86. The van der Waals surface area contributed by atoms with E-state index in [0.717, 1.165) is 13.0 Å². The van der Waals surface area contributed by atoms with Gasteiger partial charge in [0.15, 0.2) is 0 Å². The summed E-state index contributed by atoms with van der Waals surface area (Å²) in [6.45, 7) is 3.04. The predicted molar refractivity (Wildman–Crippen MR) is 41.0 cm³/mol. The number of aliphatic imine (C=N–C) groups is 1. The van der Waals surface area contributed by atoms with E-state index in [9.17, 15) is 0 Å². The minimum Gasteiger partial charge on any atom is -0.294 e. The van der Waals surface area contributed by atoms with Crippen LogP contribution in [0.4, 0.5) is 0 Å². The average Bonchev–Trinajstić information content (AvgIpc) is 1.91. The molecule has 0 aromatic heterocycles. The molecule has 0 aliphatic heterocycles. The maximum absolute atomic E-state index is 4.35. The minimum atomic E-state index is 0.948. The van der Waals surface area contributed by atoms with Crippen LogP contribution in [0.2, 0.25) is 0 Å². The van der Waals surface area contributed by atoms with Crippen molar-refractivity contribution in [3.63, 3.8) is 0 Å². The first kappa shape index (κ1) is 6.53. The van der Waals surface area contributed by atoms with Crippen LogP contribution in [0, 0.1) is 0 Å². The van der Waals surface area contributed by atoms with Gasteiger partial charge in [-0.15, -0.1) is 0 Å². The van der Waals surface area contributed by atoms with Crippen molar-refractivity contribution in [2.75, 3.05) is 6.54 Å². The maximum Gasteiger partial charge on any atom is 0.0360 e. The molecule has 9 heavy (non-hydrogen) atoms. The lowest BCUT2D eigenvalue weighted by Crippen LogP contribution is -2.00. The predicted octanol–water partition coefficient (Wildman–Crippen LogP) is 2.19. The first-order valence-corrected chi connectivity index (χ1v) is 3.60. The highest BCUT2D eigenvalue weighted by atomic mass is 14.7. The fourth-order valence-corrected chi connectivity index (χ4v) is 1.06. The van der Waals surface area contributed by atoms with Crippen molar-refractivity contribution in [2.45, 2.75) is 26.2 Å². The topological polar surface area (TPSA) is 12.4 Å². The normalized spacial score (nSPS) is 23.0. The van der Waals surface area contributed by atoms with Gasteiger partial charge in [0.1, 0.15) is 0 Å². The lowest BCUT2D eigenvalue weighted by Gasteiger charge is -2.05. The van der Waals surface area contributed by atoms with Crippen LogP contribution in [0.5, 0.6) is 0 Å². The molecule has 0 N–H and O–H groups in total. The van der Waals surface area contributed by atoms with Gasteiger partial charge in [-0.05, 0) is 19.8 Å². The lowest BCUT2D eigenvalue weighted by atomic mass is 10.1. The molecule has 1 aliphatic rings. The summed E-state index contributed by atoms with van der Waals surface area (Å²) < 4.78 is 0. The van der Waals surface area contributed by atoms with Crippen molar-refractivity contribution in [1.82, 2.24) is 0 Å². The number of hydrogen-bond acceptors (Lipinski definition) is 1. The van der Waals surface area contributed by atoms with E-state index in [1.165, 1.54) is 18.6 Å². The smallest absolute Gasteiger partial charge is 0.0360 e. The SMILES string of the molecule is CCN=C1CC=CCC1. The summed E-state index contributed by atoms with van der Waals surface area (Å²) in [7, 11) is 0. The second-order valence-corrected chi connectivity index (χ2v) is 2.25. The summed E-state index contributed by atoms with van der Waals surface area (Å²) in [6.07, 6.45) is 7.91. The third-order valence-electron chi connectivity index (χ3n) is 1.50. The molecule has 0 atom stereocenters. The van der Waals surface area contributed by atoms with E-state index in [-0.39, 0.29) is 0 Å². The monoisotopic (exact) mass is 123 g/mol. The average molecular weight is 123 g/mol. The molecule has 50 valence electrons. The molecule has 0 unspecified atom stereocenters. The summed E-state index contributed by atoms with van der Waals surface area (Å²) >= 11 is 0. The van der Waals surface area contributed by atoms with E-state index in [0.29, 0.717) is 0 Å². The van der Waals surface area contributed by atoms with Gasteiger partial charge in [0.25, 0.3) is 0 Å². The van der Waals surface area contributed by atoms with Gasteiger partial charge in [0, 0.05) is 18.7 Å². The Morgan fingerprint density at radius 3 is 3.00 bits per heavy atom. The van der Waals surface area contributed by atoms with Gasteiger partial charge in [-0.3, -0.25) is 4.99 Å². The third kappa shape index (κ3) is 2.00. The van der Waals surface area contributed by atoms with Gasteiger partial charge in [-0.1, -0.05) is 12.2 Å². The van der Waals surface area contributed by atoms with Crippen LogP contribution in [0.3, 0.4) is 0 Å². The van der Waals surface area contributed by atoms with Crippen LogP contribution >= 0.6 is 0 Å². The van der Waals surface area contributed by atoms with Crippen molar-refractivity contribution in [2.24, 2.45) is 4.99 Å². The molecule has 1 nitrogen and oxygen atoms in total. The summed E-state index contributed by atoms with van der Waals surface area (Å²) in [5.74, 6) is 0. The Labute approximate surface area is 56.5 Å². The number of allylic oxidation sites excluding steroid dienone is 2. The van der Waals surface area contributed by atoms with E-state index in [1.54, 1.807) is 0 Å². The van der Waals surface area contributed by atoms with Gasteiger partial charge in [0.05, 0.1) is 0 Å². The molecular formula is C8H13N. The standard InChI is InChI=1S/C8H13N/c1-2-9-8-6-4-3-5-7-8/h3-4H,2,5-7H2,1H3. The highest BCUT2D eigenvalue weighted by Crippen LogP contribution is 2.06. The van der Waals surface area contributed by atoms with E-state index in [2.05, 4.69) is 24.1 Å². The molecule has 0 bridgehead atoms. The van der Waals surface area contributed by atoms with E-state index < -0.39 is 0 Å². The van der Waals surface area contributed by atoms with Gasteiger partial charge in [-0.25, -0.2) is 0 Å². The van der Waals surface area contributed by atoms with Gasteiger partial charge in [0.2, 0.25) is 0 Å². The first-order chi connectivity index (χ1) is 4.43. The molecule has 0 aromatic carbocycles. The van der Waals surface area contributed by atoms with Crippen LogP contribution in [0.15, 0.2) is 17.1 Å². The maximum atomic E-state index is 4.35. The van der Waals surface area contributed by atoms with Crippen molar-refractivity contribution < 1.29 is 0 Å². The Morgan fingerprint density at radius 2 is 2.44 bits per heavy atom. The van der Waals surface area contributed by atoms with Crippen LogP contribution in [0.25, 0.3) is 0 Å². The van der Waals surface area contributed by atoms with Crippen molar-refractivity contribution in [1.29, 1.82) is 0 Å². The van der Waals surface area contributed by atoms with E-state index in [4.69, 9.17) is 0 Å². The molecule has 1 heteroatoms. The summed E-state index contributed by atoms with van der Waals surface area (Å²) in [5, 5.41) is 0. The Bertz CT molecular complexity index is 134. The molecule has 0 heterocycles. The fourth-order valence-electron chi connectivity index (χ4n) is 1.06. The van der Waals surface area contributed by atoms with Crippen LogP contribution in [-0.2, 0) is 0 Å². The zero-order valence-corrected chi connectivity index (χ0v) is 5.93. The quantitative estimate of drug-likeness (QED) is 0.474. The molecule has 1 aliphatic carbocycles. The molecule has 0 saturated carbocycles. The molecular weight excluding hydrogens is 110 g/mol. The van der Waals surface area contributed by atoms with Gasteiger partial charge >= 0.3 is 0 Å². The number of nitrogens with zero attached hydrogens (tertiary/aromatic N) is 1. The fraction of sp³-hybridized carbons (Fsp3) is 0.625. The second kappa shape index (κ2) is 3.44. The zero-order valence-electron chi connectivity index (χ0n) is 5.93. The van der Waals surface area contributed by atoms with Crippen molar-refractivity contribution in [3.05, 3.63) is 12.2 Å². The van der Waals surface area contributed by atoms with Crippen molar-refractivity contribution in [3.8, 4) is 0 Å². The first-order valence-electron chi connectivity index (χ1n) is 3.60. The van der Waals surface area contributed by atoms with Gasteiger partial charge in [-0.2, -0.15) is 0 Å². The molecule has 0 fully saturated rings. The van der Waals surface area contributed by atoms with Gasteiger partial charge < -0.3 is 0 Å². The minimum absolute atomic E-state index is 0.948. The van der Waals surface area contributed by atoms with E-state index in [1.807, 2.05) is 0 Å². The molecule has 0 saturated heterocycles.